The summed E-state index contributed by atoms with van der Waals surface area (Å²) in [5.74, 6) is -1.10. The number of methoxy groups -OCH3 is 1. The molecule has 0 aliphatic carbocycles. The molecule has 2 aromatic heterocycles. The van der Waals surface area contributed by atoms with E-state index in [2.05, 4.69) is 25.7 Å². The Bertz CT molecular complexity index is 1300. The van der Waals surface area contributed by atoms with Gasteiger partial charge >= 0.3 is 12.1 Å². The van der Waals surface area contributed by atoms with Crippen molar-refractivity contribution in [3.63, 3.8) is 0 Å². The molecule has 1 fully saturated rings. The topological polar surface area (TPSA) is 134 Å². The van der Waals surface area contributed by atoms with E-state index in [0.717, 1.165) is 6.07 Å². The number of nitrogens with zero attached hydrogens (tertiary/aromatic N) is 6. The van der Waals surface area contributed by atoms with E-state index in [0.29, 0.717) is 36.9 Å². The highest BCUT2D eigenvalue weighted by atomic mass is 35.5. The molecule has 1 aliphatic heterocycles. The van der Waals surface area contributed by atoms with E-state index in [1.165, 1.54) is 18.1 Å². The van der Waals surface area contributed by atoms with E-state index in [1.54, 1.807) is 45.0 Å². The number of ether oxygens (including phenoxy) is 3. The lowest BCUT2D eigenvalue weighted by Crippen LogP contribution is -2.45. The van der Waals surface area contributed by atoms with Gasteiger partial charge in [0.1, 0.15) is 11.4 Å². The summed E-state index contributed by atoms with van der Waals surface area (Å²) >= 11 is 5.71. The molecule has 0 saturated carbocycles. The number of hydrogen-bond donors (Lipinski definition) is 1. The average Bonchev–Trinajstić information content (AvgIpc) is 3.47. The number of alkyl carbamates (subject to hydrolysis) is 1. The Balaban J connectivity index is 1.38. The number of halogens is 2. The molecule has 0 spiro atoms. The second-order valence-electron chi connectivity index (χ2n) is 9.61. The van der Waals surface area contributed by atoms with Gasteiger partial charge in [-0.3, -0.25) is 9.69 Å². The number of nitrogens with one attached hydrogen (secondary N) is 1. The summed E-state index contributed by atoms with van der Waals surface area (Å²) in [4.78, 5) is 31.7. The summed E-state index contributed by atoms with van der Waals surface area (Å²) in [5, 5.41) is 15.5. The molecule has 3 heterocycles. The lowest BCUT2D eigenvalue weighted by atomic mass is 10.0. The highest BCUT2D eigenvalue weighted by Crippen LogP contribution is 2.25. The van der Waals surface area contributed by atoms with Crippen LogP contribution in [0.4, 0.5) is 9.18 Å². The van der Waals surface area contributed by atoms with Gasteiger partial charge in [-0.2, -0.15) is 0 Å². The second kappa shape index (κ2) is 11.3. The average molecular weight is 548 g/mol. The molecule has 4 rings (SSSR count). The maximum absolute atomic E-state index is 13.9. The molecule has 3 aromatic rings. The molecule has 1 saturated heterocycles. The molecular formula is C24H27ClFN7O5. The number of likely N-dealkylation sites (tertiary alicyclic amines) is 1. The maximum Gasteiger partial charge on any atom is 0.407 e. The van der Waals surface area contributed by atoms with Gasteiger partial charge in [0, 0.05) is 19.3 Å². The number of amides is 1. The van der Waals surface area contributed by atoms with E-state index in [4.69, 9.17) is 25.8 Å². The van der Waals surface area contributed by atoms with E-state index < -0.39 is 35.4 Å². The SMILES string of the molecule is COC(=O)C1CN(Cc2nnn(-c3ccc(Oc4ncc(Cl)cc4F)cc3)n2)CC1NC(=O)OC(C)(C)C. The van der Waals surface area contributed by atoms with Crippen LogP contribution < -0.4 is 10.1 Å². The first kappa shape index (κ1) is 27.2. The summed E-state index contributed by atoms with van der Waals surface area (Å²) in [6.07, 6.45) is 0.683. The maximum atomic E-state index is 13.9. The zero-order chi connectivity index (χ0) is 27.4. The molecule has 2 atom stereocenters. The third-order valence-corrected chi connectivity index (χ3v) is 5.68. The number of pyridine rings is 1. The Morgan fingerprint density at radius 2 is 1.95 bits per heavy atom. The molecule has 0 bridgehead atoms. The minimum Gasteiger partial charge on any atom is -0.469 e. The summed E-state index contributed by atoms with van der Waals surface area (Å²) in [5.41, 5.74) is -0.0716. The van der Waals surface area contributed by atoms with Crippen LogP contribution in [0, 0.1) is 11.7 Å². The summed E-state index contributed by atoms with van der Waals surface area (Å²) < 4.78 is 29.6. The van der Waals surface area contributed by atoms with Gasteiger partial charge in [-0.1, -0.05) is 11.6 Å². The van der Waals surface area contributed by atoms with Gasteiger partial charge < -0.3 is 19.5 Å². The zero-order valence-electron chi connectivity index (χ0n) is 21.2. The van der Waals surface area contributed by atoms with Crippen LogP contribution in [-0.4, -0.2) is 74.0 Å². The van der Waals surface area contributed by atoms with Gasteiger partial charge in [-0.05, 0) is 56.3 Å². The molecule has 0 radical (unpaired) electrons. The third kappa shape index (κ3) is 6.92. The molecule has 2 unspecified atom stereocenters. The van der Waals surface area contributed by atoms with Gasteiger partial charge in [0.25, 0.3) is 5.88 Å². The van der Waals surface area contributed by atoms with E-state index >= 15 is 0 Å². The Morgan fingerprint density at radius 3 is 2.61 bits per heavy atom. The predicted molar refractivity (Wildman–Crippen MR) is 132 cm³/mol. The first-order chi connectivity index (χ1) is 18.0. The van der Waals surface area contributed by atoms with E-state index in [9.17, 15) is 14.0 Å². The molecule has 38 heavy (non-hydrogen) atoms. The Morgan fingerprint density at radius 1 is 1.21 bits per heavy atom. The van der Waals surface area contributed by atoms with Gasteiger partial charge in [-0.15, -0.1) is 15.0 Å². The van der Waals surface area contributed by atoms with Crippen molar-refractivity contribution in [2.24, 2.45) is 5.92 Å². The van der Waals surface area contributed by atoms with Crippen molar-refractivity contribution >= 4 is 23.7 Å². The van der Waals surface area contributed by atoms with Crippen molar-refractivity contribution in [3.8, 4) is 17.3 Å². The Kier molecular flexibility index (Phi) is 8.07. The first-order valence-corrected chi connectivity index (χ1v) is 12.1. The van der Waals surface area contributed by atoms with Gasteiger partial charge in [0.15, 0.2) is 11.6 Å². The number of hydrogen-bond acceptors (Lipinski definition) is 10. The highest BCUT2D eigenvalue weighted by molar-refractivity contribution is 6.30. The van der Waals surface area contributed by atoms with Crippen molar-refractivity contribution < 1.29 is 28.2 Å². The molecule has 1 aliphatic rings. The molecule has 202 valence electrons. The van der Waals surface area contributed by atoms with Gasteiger partial charge in [-0.25, -0.2) is 14.2 Å². The lowest BCUT2D eigenvalue weighted by molar-refractivity contribution is -0.145. The number of benzene rings is 1. The monoisotopic (exact) mass is 547 g/mol. The fraction of sp³-hybridized carbons (Fsp3) is 0.417. The number of esters is 1. The van der Waals surface area contributed by atoms with Crippen molar-refractivity contribution in [1.82, 2.24) is 35.4 Å². The second-order valence-corrected chi connectivity index (χ2v) is 10.0. The number of carbonyl (C=O) groups excluding carboxylic acids is 2. The van der Waals surface area contributed by atoms with Crippen LogP contribution in [0.5, 0.6) is 11.6 Å². The van der Waals surface area contributed by atoms with Crippen molar-refractivity contribution in [2.45, 2.75) is 39.0 Å². The van der Waals surface area contributed by atoms with Crippen molar-refractivity contribution in [1.29, 1.82) is 0 Å². The number of tetrazole rings is 1. The van der Waals surface area contributed by atoms with Crippen LogP contribution in [0.15, 0.2) is 36.5 Å². The normalized spacial score (nSPS) is 17.7. The van der Waals surface area contributed by atoms with Crippen molar-refractivity contribution in [2.75, 3.05) is 20.2 Å². The van der Waals surface area contributed by atoms with E-state index in [1.807, 2.05) is 4.90 Å². The summed E-state index contributed by atoms with van der Waals surface area (Å²) in [6.45, 7) is 6.28. The van der Waals surface area contributed by atoms with E-state index in [-0.39, 0.29) is 10.9 Å². The highest BCUT2D eigenvalue weighted by Gasteiger charge is 2.40. The standard InChI is InChI=1S/C24H27ClFN7O5/c1-24(2,3)38-23(35)28-19-12-32(11-17(19)22(34)36-4)13-20-29-31-33(30-20)15-5-7-16(8-6-15)37-21-18(26)9-14(25)10-27-21/h5-10,17,19H,11-13H2,1-4H3,(H,28,35). The number of aromatic nitrogens is 5. The van der Waals surface area contributed by atoms with Crippen LogP contribution in [-0.2, 0) is 20.8 Å². The third-order valence-electron chi connectivity index (χ3n) is 5.48. The smallest absolute Gasteiger partial charge is 0.407 e. The van der Waals surface area contributed by atoms with Gasteiger partial charge in [0.2, 0.25) is 0 Å². The van der Waals surface area contributed by atoms with Crippen LogP contribution in [0.25, 0.3) is 5.69 Å². The fourth-order valence-electron chi connectivity index (χ4n) is 3.86. The lowest BCUT2D eigenvalue weighted by Gasteiger charge is -2.23. The minimum absolute atomic E-state index is 0.169. The fourth-order valence-corrected chi connectivity index (χ4v) is 4.01. The number of rotatable bonds is 7. The molecule has 14 heteroatoms. The Labute approximate surface area is 223 Å². The summed E-state index contributed by atoms with van der Waals surface area (Å²) in [7, 11) is 1.31. The van der Waals surface area contributed by atoms with Crippen LogP contribution in [0.2, 0.25) is 5.02 Å². The molecule has 1 amide bonds. The molecule has 12 nitrogen and oxygen atoms in total. The minimum atomic E-state index is -0.677. The number of carbonyl (C=O) groups is 2. The molecule has 1 N–H and O–H groups in total. The largest absolute Gasteiger partial charge is 0.469 e. The van der Waals surface area contributed by atoms with Gasteiger partial charge in [0.05, 0.1) is 36.3 Å². The van der Waals surface area contributed by atoms with Crippen molar-refractivity contribution in [3.05, 3.63) is 53.2 Å². The van der Waals surface area contributed by atoms with Crippen LogP contribution in [0.1, 0.15) is 26.6 Å². The summed E-state index contributed by atoms with van der Waals surface area (Å²) in [6, 6.07) is 7.20. The Hall–Kier alpha value is -3.84. The predicted octanol–water partition coefficient (Wildman–Crippen LogP) is 3.14. The molecule has 1 aromatic carbocycles. The van der Waals surface area contributed by atoms with Crippen LogP contribution >= 0.6 is 11.6 Å². The zero-order valence-corrected chi connectivity index (χ0v) is 22.0. The van der Waals surface area contributed by atoms with Crippen LogP contribution in [0.3, 0.4) is 0 Å². The molecular weight excluding hydrogens is 521 g/mol. The quantitative estimate of drug-likeness (QED) is 0.440. The first-order valence-electron chi connectivity index (χ1n) is 11.7.